The standard InChI is InChI=1S/C8H5F3INO4/c9-8(10,11)17-7-3(2-5(14)15)1-4(12)6(16)13-7/h1H,2H2,(H,13,16)(H,14,15). The van der Waals surface area contributed by atoms with Crippen LogP contribution in [0.2, 0.25) is 0 Å². The van der Waals surface area contributed by atoms with Gasteiger partial charge < -0.3 is 9.84 Å². The number of hydrogen-bond acceptors (Lipinski definition) is 3. The number of nitrogens with one attached hydrogen (secondary N) is 1. The molecule has 0 aliphatic heterocycles. The highest BCUT2D eigenvalue weighted by Gasteiger charge is 2.33. The molecule has 0 spiro atoms. The molecule has 1 heterocycles. The molecule has 0 saturated carbocycles. The predicted octanol–water partition coefficient (Wildman–Crippen LogP) is 1.51. The van der Waals surface area contributed by atoms with Crippen molar-refractivity contribution in [2.45, 2.75) is 12.8 Å². The summed E-state index contributed by atoms with van der Waals surface area (Å²) in [5, 5.41) is 8.52. The Labute approximate surface area is 106 Å². The fraction of sp³-hybridized carbons (Fsp3) is 0.250. The molecule has 0 aliphatic rings. The van der Waals surface area contributed by atoms with E-state index in [1.807, 2.05) is 4.98 Å². The zero-order valence-electron chi connectivity index (χ0n) is 7.97. The van der Waals surface area contributed by atoms with Crippen LogP contribution in [0.5, 0.6) is 5.88 Å². The van der Waals surface area contributed by atoms with Gasteiger partial charge in [0.1, 0.15) is 0 Å². The van der Waals surface area contributed by atoms with Crippen molar-refractivity contribution in [2.75, 3.05) is 0 Å². The summed E-state index contributed by atoms with van der Waals surface area (Å²) in [5.74, 6) is -2.23. The number of halogens is 4. The minimum Gasteiger partial charge on any atom is -0.481 e. The first-order chi connectivity index (χ1) is 7.69. The summed E-state index contributed by atoms with van der Waals surface area (Å²) in [6.45, 7) is 0. The summed E-state index contributed by atoms with van der Waals surface area (Å²) in [6.07, 6.45) is -5.68. The summed E-state index contributed by atoms with van der Waals surface area (Å²) >= 11 is 1.58. The van der Waals surface area contributed by atoms with Gasteiger partial charge in [0.25, 0.3) is 5.56 Å². The Morgan fingerprint density at radius 3 is 2.59 bits per heavy atom. The quantitative estimate of drug-likeness (QED) is 0.798. The number of alkyl halides is 3. The second-order valence-electron chi connectivity index (χ2n) is 2.92. The van der Waals surface area contributed by atoms with E-state index < -0.39 is 30.2 Å². The van der Waals surface area contributed by atoms with Crippen LogP contribution in [0.1, 0.15) is 5.56 Å². The lowest BCUT2D eigenvalue weighted by molar-refractivity contribution is -0.276. The summed E-state index contributed by atoms with van der Waals surface area (Å²) in [5.41, 5.74) is -1.03. The van der Waals surface area contributed by atoms with Crippen molar-refractivity contribution in [1.29, 1.82) is 0 Å². The van der Waals surface area contributed by atoms with Crippen LogP contribution in [0.15, 0.2) is 10.9 Å². The number of ether oxygens (including phenoxy) is 1. The predicted molar refractivity (Wildman–Crippen MR) is 57.8 cm³/mol. The van der Waals surface area contributed by atoms with Gasteiger partial charge in [-0.05, 0) is 28.7 Å². The van der Waals surface area contributed by atoms with Crippen molar-refractivity contribution in [3.63, 3.8) is 0 Å². The number of H-pyrrole nitrogens is 1. The molecule has 0 atom stereocenters. The lowest BCUT2D eigenvalue weighted by atomic mass is 10.2. The van der Waals surface area contributed by atoms with Crippen molar-refractivity contribution in [2.24, 2.45) is 0 Å². The zero-order valence-corrected chi connectivity index (χ0v) is 10.1. The lowest BCUT2D eigenvalue weighted by Gasteiger charge is -2.11. The number of rotatable bonds is 3. The molecule has 1 aromatic heterocycles. The molecular formula is C8H5F3INO4. The molecule has 0 saturated heterocycles. The van der Waals surface area contributed by atoms with Crippen LogP contribution in [-0.2, 0) is 11.2 Å². The van der Waals surface area contributed by atoms with Gasteiger partial charge in [-0.25, -0.2) is 0 Å². The summed E-state index contributed by atoms with van der Waals surface area (Å²) in [6, 6.07) is 1.04. The Balaban J connectivity index is 3.21. The van der Waals surface area contributed by atoms with E-state index in [0.717, 1.165) is 6.07 Å². The third-order valence-electron chi connectivity index (χ3n) is 1.60. The maximum Gasteiger partial charge on any atom is 0.574 e. The number of carboxylic acids is 1. The van der Waals surface area contributed by atoms with Gasteiger partial charge in [0.2, 0.25) is 5.88 Å². The van der Waals surface area contributed by atoms with Crippen molar-refractivity contribution in [1.82, 2.24) is 4.98 Å². The highest BCUT2D eigenvalue weighted by atomic mass is 127. The summed E-state index contributed by atoms with van der Waals surface area (Å²) < 4.78 is 39.6. The molecule has 0 bridgehead atoms. The number of carboxylic acid groups (broad SMARTS) is 1. The van der Waals surface area contributed by atoms with E-state index in [4.69, 9.17) is 5.11 Å². The molecule has 0 aromatic carbocycles. The first-order valence-corrected chi connectivity index (χ1v) is 5.16. The van der Waals surface area contributed by atoms with Gasteiger partial charge in [-0.3, -0.25) is 14.6 Å². The zero-order chi connectivity index (χ0) is 13.2. The van der Waals surface area contributed by atoms with Crippen LogP contribution in [0.3, 0.4) is 0 Å². The van der Waals surface area contributed by atoms with Gasteiger partial charge in [-0.15, -0.1) is 13.2 Å². The normalized spacial score (nSPS) is 11.3. The highest BCUT2D eigenvalue weighted by Crippen LogP contribution is 2.24. The maximum absolute atomic E-state index is 12.0. The average molecular weight is 363 g/mol. The Kier molecular flexibility index (Phi) is 4.01. The van der Waals surface area contributed by atoms with Crippen molar-refractivity contribution >= 4 is 28.6 Å². The van der Waals surface area contributed by atoms with E-state index >= 15 is 0 Å². The third kappa shape index (κ3) is 4.24. The smallest absolute Gasteiger partial charge is 0.481 e. The van der Waals surface area contributed by atoms with Gasteiger partial charge in [0.05, 0.1) is 9.99 Å². The number of aliphatic carboxylic acids is 1. The molecule has 94 valence electrons. The van der Waals surface area contributed by atoms with Crippen molar-refractivity contribution in [3.05, 3.63) is 25.6 Å². The molecule has 0 radical (unpaired) electrons. The Morgan fingerprint density at radius 2 is 2.12 bits per heavy atom. The van der Waals surface area contributed by atoms with E-state index in [0.29, 0.717) is 0 Å². The van der Waals surface area contributed by atoms with Gasteiger partial charge in [0, 0.05) is 5.56 Å². The molecular weight excluding hydrogens is 358 g/mol. The third-order valence-corrected chi connectivity index (χ3v) is 2.40. The van der Waals surface area contributed by atoms with Crippen molar-refractivity contribution in [3.8, 4) is 5.88 Å². The Hall–Kier alpha value is -1.26. The fourth-order valence-corrected chi connectivity index (χ4v) is 1.54. The molecule has 17 heavy (non-hydrogen) atoms. The molecule has 0 fully saturated rings. The van der Waals surface area contributed by atoms with Crippen LogP contribution in [0.25, 0.3) is 0 Å². The Bertz CT molecular complexity index is 497. The number of carbonyl (C=O) groups is 1. The number of hydrogen-bond donors (Lipinski definition) is 2. The molecule has 9 heteroatoms. The first kappa shape index (κ1) is 13.8. The molecule has 1 aromatic rings. The fourth-order valence-electron chi connectivity index (χ4n) is 1.03. The lowest BCUT2D eigenvalue weighted by Crippen LogP contribution is -2.23. The molecule has 0 amide bonds. The molecule has 0 unspecified atom stereocenters. The SMILES string of the molecule is O=C(O)Cc1cc(I)c(=O)[nH]c1OC(F)(F)F. The first-order valence-electron chi connectivity index (χ1n) is 4.08. The second kappa shape index (κ2) is 4.94. The van der Waals surface area contributed by atoms with E-state index in [1.165, 1.54) is 0 Å². The van der Waals surface area contributed by atoms with Gasteiger partial charge in [-0.1, -0.05) is 0 Å². The minimum absolute atomic E-state index is 0.0772. The van der Waals surface area contributed by atoms with Crippen LogP contribution < -0.4 is 10.3 Å². The highest BCUT2D eigenvalue weighted by molar-refractivity contribution is 14.1. The van der Waals surface area contributed by atoms with Gasteiger partial charge in [0.15, 0.2) is 0 Å². The summed E-state index contributed by atoms with van der Waals surface area (Å²) in [4.78, 5) is 23.4. The van der Waals surface area contributed by atoms with Crippen LogP contribution in [-0.4, -0.2) is 22.4 Å². The second-order valence-corrected chi connectivity index (χ2v) is 4.08. The average Bonchev–Trinajstić information content (AvgIpc) is 2.10. The summed E-state index contributed by atoms with van der Waals surface area (Å²) in [7, 11) is 0. The topological polar surface area (TPSA) is 79.4 Å². The molecule has 5 nitrogen and oxygen atoms in total. The van der Waals surface area contributed by atoms with E-state index in [1.54, 1.807) is 22.6 Å². The minimum atomic E-state index is -5.00. The molecule has 1 rings (SSSR count). The van der Waals surface area contributed by atoms with Crippen molar-refractivity contribution < 1.29 is 27.8 Å². The molecule has 2 N–H and O–H groups in total. The maximum atomic E-state index is 12.0. The number of aromatic amines is 1. The monoisotopic (exact) mass is 363 g/mol. The van der Waals surface area contributed by atoms with Crippen LogP contribution in [0, 0.1) is 3.57 Å². The largest absolute Gasteiger partial charge is 0.574 e. The van der Waals surface area contributed by atoms with E-state index in [9.17, 15) is 22.8 Å². The Morgan fingerprint density at radius 1 is 1.53 bits per heavy atom. The van der Waals surface area contributed by atoms with E-state index in [-0.39, 0.29) is 9.13 Å². The van der Waals surface area contributed by atoms with Gasteiger partial charge >= 0.3 is 12.3 Å². The number of aromatic nitrogens is 1. The van der Waals surface area contributed by atoms with Gasteiger partial charge in [-0.2, -0.15) is 0 Å². The molecule has 0 aliphatic carbocycles. The van der Waals surface area contributed by atoms with Crippen LogP contribution in [0.4, 0.5) is 13.2 Å². The van der Waals surface area contributed by atoms with Crippen LogP contribution >= 0.6 is 22.6 Å². The number of pyridine rings is 1. The van der Waals surface area contributed by atoms with E-state index in [2.05, 4.69) is 4.74 Å².